The van der Waals surface area contributed by atoms with Crippen LogP contribution in [0.3, 0.4) is 0 Å². The minimum Gasteiger partial charge on any atom is -0.369 e. The van der Waals surface area contributed by atoms with Crippen LogP contribution >= 0.6 is 11.8 Å². The van der Waals surface area contributed by atoms with Crippen molar-refractivity contribution >= 4 is 17.4 Å². The number of hydrogen-bond acceptors (Lipinski definition) is 3. The molecule has 1 aromatic carbocycles. The monoisotopic (exact) mass is 278 g/mol. The Morgan fingerprint density at radius 3 is 2.32 bits per heavy atom. The van der Waals surface area contributed by atoms with Crippen LogP contribution in [-0.2, 0) is 0 Å². The maximum Gasteiger partial charge on any atom is 0.0367 e. The molecule has 0 bridgehead atoms. The molecule has 1 N–H and O–H groups in total. The van der Waals surface area contributed by atoms with Gasteiger partial charge in [0.15, 0.2) is 0 Å². The van der Waals surface area contributed by atoms with E-state index < -0.39 is 0 Å². The van der Waals surface area contributed by atoms with E-state index in [1.165, 1.54) is 11.3 Å². The predicted octanol–water partition coefficient (Wildman–Crippen LogP) is 3.69. The second-order valence-corrected chi connectivity index (χ2v) is 7.41. The Kier molecular flexibility index (Phi) is 5.17. The van der Waals surface area contributed by atoms with E-state index in [0.717, 1.165) is 30.1 Å². The van der Waals surface area contributed by atoms with Gasteiger partial charge in [0.25, 0.3) is 0 Å². The first-order valence-corrected chi connectivity index (χ1v) is 8.28. The van der Waals surface area contributed by atoms with Gasteiger partial charge in [0.05, 0.1) is 0 Å². The zero-order valence-electron chi connectivity index (χ0n) is 12.5. The Balaban J connectivity index is 2.05. The lowest BCUT2D eigenvalue weighted by molar-refractivity contribution is 0.598. The summed E-state index contributed by atoms with van der Waals surface area (Å²) in [5.74, 6) is 0. The third-order valence-corrected chi connectivity index (χ3v) is 4.92. The van der Waals surface area contributed by atoms with E-state index >= 15 is 0 Å². The summed E-state index contributed by atoms with van der Waals surface area (Å²) in [7, 11) is 0. The number of thioether (sulfide) groups is 1. The number of rotatable bonds is 4. The van der Waals surface area contributed by atoms with Crippen LogP contribution < -0.4 is 10.2 Å². The van der Waals surface area contributed by atoms with Crippen LogP contribution in [0.5, 0.6) is 0 Å². The molecule has 1 aromatic rings. The van der Waals surface area contributed by atoms with Gasteiger partial charge in [-0.3, -0.25) is 0 Å². The summed E-state index contributed by atoms with van der Waals surface area (Å²) in [6.07, 6.45) is 0. The Morgan fingerprint density at radius 1 is 1.21 bits per heavy atom. The average molecular weight is 278 g/mol. The summed E-state index contributed by atoms with van der Waals surface area (Å²) in [4.78, 5) is 2.52. The lowest BCUT2D eigenvalue weighted by Crippen LogP contribution is -2.40. The molecule has 3 unspecified atom stereocenters. The Hall–Kier alpha value is -0.670. The van der Waals surface area contributed by atoms with Gasteiger partial charge in [0, 0.05) is 35.3 Å². The van der Waals surface area contributed by atoms with Crippen molar-refractivity contribution in [2.75, 3.05) is 24.5 Å². The van der Waals surface area contributed by atoms with Crippen molar-refractivity contribution in [3.05, 3.63) is 29.8 Å². The highest BCUT2D eigenvalue weighted by molar-refractivity contribution is 8.00. The molecule has 2 nitrogen and oxygen atoms in total. The molecule has 0 saturated carbocycles. The van der Waals surface area contributed by atoms with E-state index in [1.54, 1.807) is 0 Å². The van der Waals surface area contributed by atoms with Gasteiger partial charge in [-0.2, -0.15) is 11.8 Å². The maximum absolute atomic E-state index is 3.46. The molecule has 1 aliphatic heterocycles. The summed E-state index contributed by atoms with van der Waals surface area (Å²) in [5, 5.41) is 4.91. The van der Waals surface area contributed by atoms with Crippen molar-refractivity contribution in [2.45, 2.75) is 44.2 Å². The van der Waals surface area contributed by atoms with Gasteiger partial charge in [0.1, 0.15) is 0 Å². The normalized spacial score (nSPS) is 25.4. The quantitative estimate of drug-likeness (QED) is 0.904. The van der Waals surface area contributed by atoms with E-state index in [2.05, 4.69) is 73.9 Å². The lowest BCUT2D eigenvalue weighted by Gasteiger charge is -2.36. The molecule has 1 saturated heterocycles. The first-order chi connectivity index (χ1) is 9.10. The lowest BCUT2D eigenvalue weighted by atomic mass is 10.1. The molecule has 1 fully saturated rings. The Morgan fingerprint density at radius 2 is 1.79 bits per heavy atom. The molecule has 3 atom stereocenters. The number of benzene rings is 1. The fourth-order valence-corrected chi connectivity index (χ4v) is 4.11. The highest BCUT2D eigenvalue weighted by Crippen LogP contribution is 2.29. The largest absolute Gasteiger partial charge is 0.369 e. The molecule has 0 aromatic heterocycles. The van der Waals surface area contributed by atoms with Crippen molar-refractivity contribution in [3.63, 3.8) is 0 Å². The molecule has 0 aliphatic carbocycles. The highest BCUT2D eigenvalue weighted by Gasteiger charge is 2.22. The molecule has 1 heterocycles. The molecular weight excluding hydrogens is 252 g/mol. The van der Waals surface area contributed by atoms with Gasteiger partial charge in [-0.15, -0.1) is 0 Å². The zero-order chi connectivity index (χ0) is 13.8. The van der Waals surface area contributed by atoms with Crippen LogP contribution in [-0.4, -0.2) is 30.1 Å². The average Bonchev–Trinajstić information content (AvgIpc) is 2.38. The van der Waals surface area contributed by atoms with Crippen LogP contribution in [0, 0.1) is 0 Å². The van der Waals surface area contributed by atoms with Crippen LogP contribution in [0.15, 0.2) is 24.3 Å². The number of nitrogens with one attached hydrogen (secondary N) is 1. The van der Waals surface area contributed by atoms with E-state index in [-0.39, 0.29) is 0 Å². The third kappa shape index (κ3) is 3.90. The zero-order valence-corrected chi connectivity index (χ0v) is 13.3. The van der Waals surface area contributed by atoms with E-state index in [9.17, 15) is 0 Å². The van der Waals surface area contributed by atoms with Crippen LogP contribution in [0.1, 0.15) is 39.3 Å². The summed E-state index contributed by atoms with van der Waals surface area (Å²) >= 11 is 2.10. The fourth-order valence-electron chi connectivity index (χ4n) is 2.79. The van der Waals surface area contributed by atoms with Crippen LogP contribution in [0.4, 0.5) is 5.69 Å². The molecule has 3 heteroatoms. The Bertz CT molecular complexity index is 380. The molecule has 19 heavy (non-hydrogen) atoms. The number of hydrogen-bond donors (Lipinski definition) is 1. The second kappa shape index (κ2) is 6.67. The van der Waals surface area contributed by atoms with Gasteiger partial charge in [-0.1, -0.05) is 32.9 Å². The summed E-state index contributed by atoms with van der Waals surface area (Å²) in [5.41, 5.74) is 2.74. The SMILES string of the molecule is CCNC(C)c1ccc(N2CC(C)SC(C)C2)cc1. The third-order valence-electron chi connectivity index (χ3n) is 3.69. The van der Waals surface area contributed by atoms with Gasteiger partial charge >= 0.3 is 0 Å². The van der Waals surface area contributed by atoms with E-state index in [4.69, 9.17) is 0 Å². The van der Waals surface area contributed by atoms with Gasteiger partial charge in [-0.05, 0) is 31.2 Å². The Labute approximate surface area is 122 Å². The van der Waals surface area contributed by atoms with Crippen LogP contribution in [0.2, 0.25) is 0 Å². The molecule has 2 rings (SSSR count). The molecule has 0 amide bonds. The smallest absolute Gasteiger partial charge is 0.0367 e. The standard InChI is InChI=1S/C16H26N2S/c1-5-17-14(4)15-6-8-16(9-7-15)18-10-12(2)19-13(3)11-18/h6-9,12-14,17H,5,10-11H2,1-4H3. The summed E-state index contributed by atoms with van der Waals surface area (Å²) in [6.45, 7) is 12.4. The molecule has 0 radical (unpaired) electrons. The first-order valence-electron chi connectivity index (χ1n) is 7.34. The molecular formula is C16H26N2S. The first kappa shape index (κ1) is 14.7. The number of anilines is 1. The highest BCUT2D eigenvalue weighted by atomic mass is 32.2. The topological polar surface area (TPSA) is 15.3 Å². The predicted molar refractivity (Wildman–Crippen MR) is 87.3 cm³/mol. The molecule has 106 valence electrons. The van der Waals surface area contributed by atoms with Crippen molar-refractivity contribution in [1.29, 1.82) is 0 Å². The summed E-state index contributed by atoms with van der Waals surface area (Å²) < 4.78 is 0. The van der Waals surface area contributed by atoms with Gasteiger partial charge in [0.2, 0.25) is 0 Å². The van der Waals surface area contributed by atoms with Crippen molar-refractivity contribution in [3.8, 4) is 0 Å². The van der Waals surface area contributed by atoms with Crippen molar-refractivity contribution in [2.24, 2.45) is 0 Å². The van der Waals surface area contributed by atoms with E-state index in [0.29, 0.717) is 6.04 Å². The van der Waals surface area contributed by atoms with Crippen LogP contribution in [0.25, 0.3) is 0 Å². The van der Waals surface area contributed by atoms with Crippen molar-refractivity contribution in [1.82, 2.24) is 5.32 Å². The minimum absolute atomic E-state index is 0.439. The maximum atomic E-state index is 3.46. The van der Waals surface area contributed by atoms with E-state index in [1.807, 2.05) is 0 Å². The molecule has 1 aliphatic rings. The van der Waals surface area contributed by atoms with Gasteiger partial charge in [-0.25, -0.2) is 0 Å². The minimum atomic E-state index is 0.439. The van der Waals surface area contributed by atoms with Gasteiger partial charge < -0.3 is 10.2 Å². The summed E-state index contributed by atoms with van der Waals surface area (Å²) in [6, 6.07) is 9.52. The van der Waals surface area contributed by atoms with Crippen molar-refractivity contribution < 1.29 is 0 Å². The second-order valence-electron chi connectivity index (χ2n) is 5.53. The molecule has 0 spiro atoms. The fraction of sp³-hybridized carbons (Fsp3) is 0.625. The number of nitrogens with zero attached hydrogens (tertiary/aromatic N) is 1.